The summed E-state index contributed by atoms with van der Waals surface area (Å²) in [5.74, 6) is -0.763. The zero-order valence-electron chi connectivity index (χ0n) is 14.2. The average Bonchev–Trinajstić information content (AvgIpc) is 2.44. The van der Waals surface area contributed by atoms with Crippen LogP contribution in [0.2, 0.25) is 0 Å². The van der Waals surface area contributed by atoms with Gasteiger partial charge in [-0.15, -0.1) is 0 Å². The molecular weight excluding hydrogens is 301 g/mol. The maximum absolute atomic E-state index is 13.7. The van der Waals surface area contributed by atoms with Gasteiger partial charge in [0.2, 0.25) is 0 Å². The average molecular weight is 325 g/mol. The SMILES string of the molecule is CCC(CC(=O)c1ccc(OC)c(F)c1)NC(=O)OC(C)(C)C. The number of halogens is 1. The Balaban J connectivity index is 2.69. The monoisotopic (exact) mass is 325 g/mol. The quantitative estimate of drug-likeness (QED) is 0.810. The van der Waals surface area contributed by atoms with Gasteiger partial charge in [0.15, 0.2) is 17.3 Å². The van der Waals surface area contributed by atoms with E-state index in [1.165, 1.54) is 19.2 Å². The van der Waals surface area contributed by atoms with Gasteiger partial charge in [-0.25, -0.2) is 9.18 Å². The Morgan fingerprint density at radius 3 is 2.43 bits per heavy atom. The van der Waals surface area contributed by atoms with Crippen LogP contribution in [0.4, 0.5) is 9.18 Å². The second-order valence-corrected chi connectivity index (χ2v) is 6.23. The Bertz CT molecular complexity index is 566. The number of Topliss-reactive ketones (excluding diaryl/α,β-unsaturated/α-hetero) is 1. The summed E-state index contributed by atoms with van der Waals surface area (Å²) in [7, 11) is 1.36. The number of amides is 1. The molecule has 6 heteroatoms. The van der Waals surface area contributed by atoms with Crippen molar-refractivity contribution >= 4 is 11.9 Å². The third kappa shape index (κ3) is 6.26. The smallest absolute Gasteiger partial charge is 0.407 e. The van der Waals surface area contributed by atoms with E-state index >= 15 is 0 Å². The molecule has 23 heavy (non-hydrogen) atoms. The third-order valence-corrected chi connectivity index (χ3v) is 3.12. The van der Waals surface area contributed by atoms with E-state index in [9.17, 15) is 14.0 Å². The van der Waals surface area contributed by atoms with E-state index < -0.39 is 17.5 Å². The molecule has 0 aromatic heterocycles. The molecule has 1 rings (SSSR count). The number of nitrogens with one attached hydrogen (secondary N) is 1. The molecule has 0 aliphatic heterocycles. The molecule has 0 heterocycles. The Morgan fingerprint density at radius 1 is 1.30 bits per heavy atom. The maximum atomic E-state index is 13.7. The first-order valence-electron chi connectivity index (χ1n) is 7.52. The number of methoxy groups -OCH3 is 1. The zero-order valence-corrected chi connectivity index (χ0v) is 14.2. The Hall–Kier alpha value is -2.11. The molecule has 0 saturated carbocycles. The van der Waals surface area contributed by atoms with E-state index in [0.29, 0.717) is 6.42 Å². The molecule has 128 valence electrons. The molecule has 0 saturated heterocycles. The van der Waals surface area contributed by atoms with Crippen molar-refractivity contribution in [3.05, 3.63) is 29.6 Å². The molecule has 0 aliphatic rings. The van der Waals surface area contributed by atoms with E-state index in [1.54, 1.807) is 20.8 Å². The predicted molar refractivity (Wildman–Crippen MR) is 85.3 cm³/mol. The van der Waals surface area contributed by atoms with Crippen molar-refractivity contribution in [3.8, 4) is 5.75 Å². The summed E-state index contributed by atoms with van der Waals surface area (Å²) in [4.78, 5) is 24.0. The van der Waals surface area contributed by atoms with Gasteiger partial charge in [0.1, 0.15) is 5.60 Å². The number of carbonyl (C=O) groups is 2. The molecule has 0 aliphatic carbocycles. The summed E-state index contributed by atoms with van der Waals surface area (Å²) in [6.45, 7) is 7.14. The van der Waals surface area contributed by atoms with Crippen LogP contribution in [-0.4, -0.2) is 30.6 Å². The highest BCUT2D eigenvalue weighted by atomic mass is 19.1. The van der Waals surface area contributed by atoms with Gasteiger partial charge in [0.25, 0.3) is 0 Å². The van der Waals surface area contributed by atoms with Crippen LogP contribution in [0, 0.1) is 5.82 Å². The van der Waals surface area contributed by atoms with Crippen LogP contribution in [0.5, 0.6) is 5.75 Å². The molecule has 1 amide bonds. The number of rotatable bonds is 6. The first kappa shape index (κ1) is 18.9. The van der Waals surface area contributed by atoms with Gasteiger partial charge in [-0.2, -0.15) is 0 Å². The van der Waals surface area contributed by atoms with Crippen molar-refractivity contribution in [2.24, 2.45) is 0 Å². The lowest BCUT2D eigenvalue weighted by Gasteiger charge is -2.22. The van der Waals surface area contributed by atoms with Crippen LogP contribution in [0.25, 0.3) is 0 Å². The van der Waals surface area contributed by atoms with Gasteiger partial charge in [0, 0.05) is 18.0 Å². The van der Waals surface area contributed by atoms with Crippen molar-refractivity contribution in [2.75, 3.05) is 7.11 Å². The molecule has 0 bridgehead atoms. The Morgan fingerprint density at radius 2 is 1.96 bits per heavy atom. The lowest BCUT2D eigenvalue weighted by Crippen LogP contribution is -2.39. The number of carbonyl (C=O) groups excluding carboxylic acids is 2. The van der Waals surface area contributed by atoms with Gasteiger partial charge >= 0.3 is 6.09 Å². The molecule has 0 spiro atoms. The minimum absolute atomic E-state index is 0.0709. The van der Waals surface area contributed by atoms with E-state index in [2.05, 4.69) is 5.32 Å². The van der Waals surface area contributed by atoms with Gasteiger partial charge in [-0.1, -0.05) is 6.92 Å². The summed E-state index contributed by atoms with van der Waals surface area (Å²) >= 11 is 0. The van der Waals surface area contributed by atoms with Crippen LogP contribution in [-0.2, 0) is 4.74 Å². The first-order chi connectivity index (χ1) is 10.7. The Kier molecular flexibility index (Phi) is 6.54. The van der Waals surface area contributed by atoms with E-state index in [-0.39, 0.29) is 29.6 Å². The minimum Gasteiger partial charge on any atom is -0.494 e. The predicted octanol–water partition coefficient (Wildman–Crippen LogP) is 3.71. The van der Waals surface area contributed by atoms with E-state index in [1.807, 2.05) is 6.92 Å². The third-order valence-electron chi connectivity index (χ3n) is 3.12. The summed E-state index contributed by atoms with van der Waals surface area (Å²) in [6, 6.07) is 3.68. The van der Waals surface area contributed by atoms with E-state index in [0.717, 1.165) is 6.07 Å². The molecule has 5 nitrogen and oxygen atoms in total. The van der Waals surface area contributed by atoms with Gasteiger partial charge in [-0.05, 0) is 45.4 Å². The zero-order chi connectivity index (χ0) is 17.6. The van der Waals surface area contributed by atoms with Crippen molar-refractivity contribution in [1.29, 1.82) is 0 Å². The molecule has 0 radical (unpaired) electrons. The van der Waals surface area contributed by atoms with Crippen molar-refractivity contribution < 1.29 is 23.5 Å². The number of ether oxygens (including phenoxy) is 2. The largest absolute Gasteiger partial charge is 0.494 e. The van der Waals surface area contributed by atoms with Crippen molar-refractivity contribution in [2.45, 2.75) is 52.2 Å². The molecule has 1 N–H and O–H groups in total. The first-order valence-corrected chi connectivity index (χ1v) is 7.52. The van der Waals surface area contributed by atoms with Gasteiger partial charge in [0.05, 0.1) is 7.11 Å². The minimum atomic E-state index is -0.606. The summed E-state index contributed by atoms with van der Waals surface area (Å²) in [6.07, 6.45) is 0.0589. The van der Waals surface area contributed by atoms with E-state index in [4.69, 9.17) is 9.47 Å². The van der Waals surface area contributed by atoms with Crippen LogP contribution in [0.15, 0.2) is 18.2 Å². The van der Waals surface area contributed by atoms with Gasteiger partial charge in [-0.3, -0.25) is 4.79 Å². The topological polar surface area (TPSA) is 64.6 Å². The highest BCUT2D eigenvalue weighted by Crippen LogP contribution is 2.19. The summed E-state index contributed by atoms with van der Waals surface area (Å²) < 4.78 is 23.6. The van der Waals surface area contributed by atoms with Crippen LogP contribution in [0.1, 0.15) is 50.9 Å². The number of alkyl carbamates (subject to hydrolysis) is 1. The van der Waals surface area contributed by atoms with Crippen molar-refractivity contribution in [3.63, 3.8) is 0 Å². The number of hydrogen-bond acceptors (Lipinski definition) is 4. The summed E-state index contributed by atoms with van der Waals surface area (Å²) in [5, 5.41) is 2.66. The molecule has 1 atom stereocenters. The molecule has 1 unspecified atom stereocenters. The normalized spacial score (nSPS) is 12.4. The Labute approximate surface area is 136 Å². The van der Waals surface area contributed by atoms with Crippen LogP contribution in [0.3, 0.4) is 0 Å². The fourth-order valence-corrected chi connectivity index (χ4v) is 1.95. The highest BCUT2D eigenvalue weighted by Gasteiger charge is 2.21. The fourth-order valence-electron chi connectivity index (χ4n) is 1.95. The fraction of sp³-hybridized carbons (Fsp3) is 0.529. The highest BCUT2D eigenvalue weighted by molar-refractivity contribution is 5.96. The number of hydrogen-bond donors (Lipinski definition) is 1. The molecular formula is C17H24FNO4. The standard InChI is InChI=1S/C17H24FNO4/c1-6-12(19-16(21)23-17(2,3)4)10-14(20)11-7-8-15(22-5)13(18)9-11/h7-9,12H,6,10H2,1-5H3,(H,19,21). The van der Waals surface area contributed by atoms with Crippen LogP contribution >= 0.6 is 0 Å². The number of ketones is 1. The number of benzene rings is 1. The van der Waals surface area contributed by atoms with Crippen molar-refractivity contribution in [1.82, 2.24) is 5.32 Å². The lowest BCUT2D eigenvalue weighted by atomic mass is 10.0. The summed E-state index contributed by atoms with van der Waals surface area (Å²) in [5.41, 5.74) is -0.362. The van der Waals surface area contributed by atoms with Gasteiger partial charge < -0.3 is 14.8 Å². The second-order valence-electron chi connectivity index (χ2n) is 6.23. The lowest BCUT2D eigenvalue weighted by molar-refractivity contribution is 0.0500. The van der Waals surface area contributed by atoms with Crippen LogP contribution < -0.4 is 10.1 Å². The second kappa shape index (κ2) is 7.94. The molecule has 1 aromatic rings. The molecule has 0 fully saturated rings. The molecule has 1 aromatic carbocycles. The maximum Gasteiger partial charge on any atom is 0.407 e.